The van der Waals surface area contributed by atoms with Gasteiger partial charge in [0.15, 0.2) is 4.77 Å². The molecule has 0 aliphatic heterocycles. The highest BCUT2D eigenvalue weighted by Crippen LogP contribution is 2.22. The van der Waals surface area contributed by atoms with Gasteiger partial charge in [0.05, 0.1) is 16.1 Å². The van der Waals surface area contributed by atoms with Crippen molar-refractivity contribution in [1.29, 1.82) is 0 Å². The summed E-state index contributed by atoms with van der Waals surface area (Å²) in [5.41, 5.74) is 2.97. The van der Waals surface area contributed by atoms with Gasteiger partial charge in [-0.25, -0.2) is 0 Å². The molecule has 0 unspecified atom stereocenters. The van der Waals surface area contributed by atoms with Crippen LogP contribution in [0, 0.1) is 11.7 Å². The predicted molar refractivity (Wildman–Crippen MR) is 53.2 cm³/mol. The SMILES string of the molecule is Cc1cc(Cl)c2[nH]c(=S)[nH]c2c1. The number of H-pyrrole nitrogens is 2. The lowest BCUT2D eigenvalue weighted by molar-refractivity contribution is 1.30. The van der Waals surface area contributed by atoms with E-state index in [0.29, 0.717) is 9.79 Å². The van der Waals surface area contributed by atoms with Crippen LogP contribution in [0.1, 0.15) is 5.56 Å². The van der Waals surface area contributed by atoms with Crippen molar-refractivity contribution in [3.05, 3.63) is 27.5 Å². The Labute approximate surface area is 79.6 Å². The Hall–Kier alpha value is -0.800. The van der Waals surface area contributed by atoms with Gasteiger partial charge in [0, 0.05) is 0 Å². The summed E-state index contributed by atoms with van der Waals surface area (Å²) >= 11 is 10.9. The maximum absolute atomic E-state index is 5.98. The molecule has 0 bridgehead atoms. The van der Waals surface area contributed by atoms with Crippen molar-refractivity contribution in [2.24, 2.45) is 0 Å². The molecule has 12 heavy (non-hydrogen) atoms. The van der Waals surface area contributed by atoms with E-state index in [1.54, 1.807) is 0 Å². The predicted octanol–water partition coefficient (Wildman–Crippen LogP) is 3.19. The Morgan fingerprint density at radius 1 is 1.33 bits per heavy atom. The molecular formula is C8H7ClN2S. The molecule has 2 N–H and O–H groups in total. The third-order valence-corrected chi connectivity index (χ3v) is 2.22. The lowest BCUT2D eigenvalue weighted by atomic mass is 10.2. The average Bonchev–Trinajstić information content (AvgIpc) is 2.29. The quantitative estimate of drug-likeness (QED) is 0.626. The first-order valence-electron chi connectivity index (χ1n) is 3.55. The molecule has 1 heterocycles. The molecule has 0 spiro atoms. The molecule has 0 amide bonds. The number of imidazole rings is 1. The first-order chi connectivity index (χ1) is 5.66. The highest BCUT2D eigenvalue weighted by atomic mass is 35.5. The van der Waals surface area contributed by atoms with E-state index in [1.807, 2.05) is 19.1 Å². The Kier molecular flexibility index (Phi) is 1.70. The molecule has 2 nitrogen and oxygen atoms in total. The molecule has 0 saturated carbocycles. The van der Waals surface area contributed by atoms with E-state index in [0.717, 1.165) is 16.6 Å². The molecule has 0 aliphatic carbocycles. The topological polar surface area (TPSA) is 31.6 Å². The number of fused-ring (bicyclic) bond motifs is 1. The molecular weight excluding hydrogens is 192 g/mol. The normalized spacial score (nSPS) is 10.8. The fraction of sp³-hybridized carbons (Fsp3) is 0.125. The highest BCUT2D eigenvalue weighted by molar-refractivity contribution is 7.71. The lowest BCUT2D eigenvalue weighted by Gasteiger charge is -1.94. The van der Waals surface area contributed by atoms with Crippen LogP contribution in [0.25, 0.3) is 11.0 Å². The molecule has 0 radical (unpaired) electrons. The number of aromatic amines is 2. The smallest absolute Gasteiger partial charge is 0.175 e. The number of benzene rings is 1. The summed E-state index contributed by atoms with van der Waals surface area (Å²) in [5, 5.41) is 0.706. The third-order valence-electron chi connectivity index (χ3n) is 1.72. The number of nitrogens with one attached hydrogen (secondary N) is 2. The van der Waals surface area contributed by atoms with Gasteiger partial charge in [-0.15, -0.1) is 0 Å². The number of halogens is 1. The first kappa shape index (κ1) is 7.83. The summed E-state index contributed by atoms with van der Waals surface area (Å²) in [5.74, 6) is 0. The van der Waals surface area contributed by atoms with Gasteiger partial charge >= 0.3 is 0 Å². The van der Waals surface area contributed by atoms with E-state index in [4.69, 9.17) is 23.8 Å². The summed E-state index contributed by atoms with van der Waals surface area (Å²) in [7, 11) is 0. The number of aromatic nitrogens is 2. The van der Waals surface area contributed by atoms with Gasteiger partial charge in [0.25, 0.3) is 0 Å². The Bertz CT molecular complexity index is 483. The fourth-order valence-electron chi connectivity index (χ4n) is 1.23. The second-order valence-electron chi connectivity index (χ2n) is 2.75. The van der Waals surface area contributed by atoms with Crippen molar-refractivity contribution in [2.45, 2.75) is 6.92 Å². The molecule has 0 atom stereocenters. The average molecular weight is 199 g/mol. The van der Waals surface area contributed by atoms with E-state index >= 15 is 0 Å². The van der Waals surface area contributed by atoms with Gasteiger partial charge in [0.1, 0.15) is 0 Å². The molecule has 1 aromatic heterocycles. The van der Waals surface area contributed by atoms with Crippen molar-refractivity contribution in [3.63, 3.8) is 0 Å². The van der Waals surface area contributed by atoms with E-state index in [-0.39, 0.29) is 0 Å². The van der Waals surface area contributed by atoms with Crippen molar-refractivity contribution in [2.75, 3.05) is 0 Å². The van der Waals surface area contributed by atoms with Crippen LogP contribution in [0.2, 0.25) is 5.02 Å². The monoisotopic (exact) mass is 198 g/mol. The van der Waals surface area contributed by atoms with Gasteiger partial charge in [-0.3, -0.25) is 0 Å². The highest BCUT2D eigenvalue weighted by Gasteiger charge is 2.01. The van der Waals surface area contributed by atoms with E-state index in [1.165, 1.54) is 0 Å². The van der Waals surface area contributed by atoms with Crippen LogP contribution in [-0.2, 0) is 0 Å². The standard InChI is InChI=1S/C8H7ClN2S/c1-4-2-5(9)7-6(3-4)10-8(12)11-7/h2-3H,1H3,(H2,10,11,12). The summed E-state index contributed by atoms with van der Waals surface area (Å²) in [6.07, 6.45) is 0. The summed E-state index contributed by atoms with van der Waals surface area (Å²) < 4.78 is 0.609. The number of rotatable bonds is 0. The first-order valence-corrected chi connectivity index (χ1v) is 4.33. The van der Waals surface area contributed by atoms with Crippen LogP contribution in [0.3, 0.4) is 0 Å². The minimum atomic E-state index is 0.609. The number of aryl methyl sites for hydroxylation is 1. The molecule has 0 fully saturated rings. The Morgan fingerprint density at radius 3 is 2.83 bits per heavy atom. The molecule has 2 rings (SSSR count). The second kappa shape index (κ2) is 2.61. The fourth-order valence-corrected chi connectivity index (χ4v) is 1.77. The van der Waals surface area contributed by atoms with Crippen molar-refractivity contribution in [1.82, 2.24) is 9.97 Å². The van der Waals surface area contributed by atoms with E-state index in [9.17, 15) is 0 Å². The van der Waals surface area contributed by atoms with Gasteiger partial charge in [0.2, 0.25) is 0 Å². The molecule has 2 aromatic rings. The number of hydrogen-bond donors (Lipinski definition) is 2. The third kappa shape index (κ3) is 1.15. The van der Waals surface area contributed by atoms with Crippen LogP contribution in [-0.4, -0.2) is 9.97 Å². The molecule has 1 aromatic carbocycles. The maximum atomic E-state index is 5.98. The number of hydrogen-bond acceptors (Lipinski definition) is 1. The van der Waals surface area contributed by atoms with Gasteiger partial charge in [-0.1, -0.05) is 11.6 Å². The van der Waals surface area contributed by atoms with Crippen LogP contribution >= 0.6 is 23.8 Å². The summed E-state index contributed by atoms with van der Waals surface area (Å²) in [4.78, 5) is 6.00. The zero-order valence-electron chi connectivity index (χ0n) is 6.44. The van der Waals surface area contributed by atoms with Crippen molar-refractivity contribution >= 4 is 34.9 Å². The van der Waals surface area contributed by atoms with E-state index in [2.05, 4.69) is 9.97 Å². The molecule has 0 saturated heterocycles. The Balaban J connectivity index is 2.97. The zero-order valence-corrected chi connectivity index (χ0v) is 8.01. The van der Waals surface area contributed by atoms with Crippen molar-refractivity contribution < 1.29 is 0 Å². The van der Waals surface area contributed by atoms with Crippen LogP contribution < -0.4 is 0 Å². The Morgan fingerprint density at radius 2 is 2.08 bits per heavy atom. The van der Waals surface area contributed by atoms with Gasteiger partial charge in [-0.2, -0.15) is 0 Å². The van der Waals surface area contributed by atoms with Crippen LogP contribution in [0.4, 0.5) is 0 Å². The van der Waals surface area contributed by atoms with Crippen LogP contribution in [0.5, 0.6) is 0 Å². The largest absolute Gasteiger partial charge is 0.331 e. The van der Waals surface area contributed by atoms with Gasteiger partial charge in [-0.05, 0) is 36.8 Å². The summed E-state index contributed by atoms with van der Waals surface area (Å²) in [6, 6.07) is 3.91. The summed E-state index contributed by atoms with van der Waals surface area (Å²) in [6.45, 7) is 2.00. The van der Waals surface area contributed by atoms with Gasteiger partial charge < -0.3 is 9.97 Å². The molecule has 0 aliphatic rings. The second-order valence-corrected chi connectivity index (χ2v) is 3.56. The van der Waals surface area contributed by atoms with Crippen molar-refractivity contribution in [3.8, 4) is 0 Å². The van der Waals surface area contributed by atoms with E-state index < -0.39 is 0 Å². The maximum Gasteiger partial charge on any atom is 0.175 e. The zero-order chi connectivity index (χ0) is 8.72. The molecule has 62 valence electrons. The minimum Gasteiger partial charge on any atom is -0.331 e. The molecule has 4 heteroatoms. The minimum absolute atomic E-state index is 0.609. The lowest BCUT2D eigenvalue weighted by Crippen LogP contribution is -1.75. The van der Waals surface area contributed by atoms with Crippen LogP contribution in [0.15, 0.2) is 12.1 Å².